The van der Waals surface area contributed by atoms with Gasteiger partial charge in [0.25, 0.3) is 11.8 Å². The molecule has 248 valence electrons. The van der Waals surface area contributed by atoms with Crippen molar-refractivity contribution in [2.75, 3.05) is 13.1 Å². The average Bonchev–Trinajstić information content (AvgIpc) is 3.56. The highest BCUT2D eigenvalue weighted by atomic mass is 35.5. The van der Waals surface area contributed by atoms with E-state index >= 15 is 0 Å². The van der Waals surface area contributed by atoms with Crippen LogP contribution in [-0.2, 0) is 13.1 Å². The molecule has 2 amide bonds. The van der Waals surface area contributed by atoms with Crippen LogP contribution >= 0.6 is 11.6 Å². The van der Waals surface area contributed by atoms with E-state index in [9.17, 15) is 33.3 Å². The second-order valence-electron chi connectivity index (χ2n) is 12.0. The molecule has 8 rings (SSSR count). The molecule has 4 heterocycles. The van der Waals surface area contributed by atoms with Gasteiger partial charge >= 0.3 is 0 Å². The highest BCUT2D eigenvalue weighted by molar-refractivity contribution is 6.31. The maximum absolute atomic E-state index is 14.4. The highest BCUT2D eigenvalue weighted by Gasteiger charge is 2.24. The van der Waals surface area contributed by atoms with Crippen LogP contribution in [0.15, 0.2) is 72.8 Å². The fourth-order valence-electron chi connectivity index (χ4n) is 6.67. The van der Waals surface area contributed by atoms with Crippen LogP contribution in [0.2, 0.25) is 5.02 Å². The molecule has 6 aromatic rings. The minimum atomic E-state index is -1.57. The van der Waals surface area contributed by atoms with Gasteiger partial charge in [0.2, 0.25) is 0 Å². The zero-order chi connectivity index (χ0) is 35.1. The Labute approximate surface area is 288 Å². The quantitative estimate of drug-likeness (QED) is 0.181. The third-order valence-electron chi connectivity index (χ3n) is 8.86. The van der Waals surface area contributed by atoms with E-state index in [-0.39, 0.29) is 28.5 Å². The van der Waals surface area contributed by atoms with Crippen molar-refractivity contribution >= 4 is 45.2 Å². The monoisotopic (exact) mass is 690 g/mol. The van der Waals surface area contributed by atoms with E-state index in [0.717, 1.165) is 47.1 Å². The molecule has 2 N–H and O–H groups in total. The lowest BCUT2D eigenvalue weighted by Gasteiger charge is -2.12. The van der Waals surface area contributed by atoms with Crippen molar-refractivity contribution < 1.29 is 22.8 Å². The Balaban J connectivity index is 0.000000157. The van der Waals surface area contributed by atoms with E-state index in [1.807, 2.05) is 48.5 Å². The van der Waals surface area contributed by atoms with Crippen LogP contribution in [0.3, 0.4) is 0 Å². The molecule has 0 saturated carbocycles. The summed E-state index contributed by atoms with van der Waals surface area (Å²) >= 11 is 6.15. The van der Waals surface area contributed by atoms with E-state index in [0.29, 0.717) is 58.9 Å². The van der Waals surface area contributed by atoms with Crippen molar-refractivity contribution in [3.63, 3.8) is 0 Å². The summed E-state index contributed by atoms with van der Waals surface area (Å²) in [6.45, 7) is 2.44. The van der Waals surface area contributed by atoms with Crippen LogP contribution in [0.25, 0.3) is 44.1 Å². The standard InChI is InChI=1S/C19H14ClN3O.C19H12F3N3O/c20-15-4-1-3-13(9-15)16-8-12(11-21)7-14-10-17-19(24)22-5-2-6-23(17)18(14)16;20-14-3-2-12(16(21)17(14)22)13-7-10(9-23)6-11-8-15-19(26)24-4-1-5-25(15)18(11)13/h1,3-4,7-10H,2,5-6H2,(H,22,24);2-3,6-8H,1,4-5H2,(H,24,26). The van der Waals surface area contributed by atoms with Crippen molar-refractivity contribution in [3.05, 3.63) is 118 Å². The first-order valence-electron chi connectivity index (χ1n) is 15.8. The zero-order valence-corrected chi connectivity index (χ0v) is 27.0. The Bertz CT molecular complexity index is 2470. The number of fused-ring (bicyclic) bond motifs is 6. The number of nitriles is 2. The molecule has 0 saturated heterocycles. The number of nitrogens with zero attached hydrogens (tertiary/aromatic N) is 4. The number of carbonyl (C=O) groups excluding carboxylic acids is 2. The maximum atomic E-state index is 14.4. The summed E-state index contributed by atoms with van der Waals surface area (Å²) in [5, 5.41) is 26.4. The number of hydrogen-bond donors (Lipinski definition) is 2. The molecule has 12 heteroatoms. The summed E-state index contributed by atoms with van der Waals surface area (Å²) in [6.07, 6.45) is 1.54. The summed E-state index contributed by atoms with van der Waals surface area (Å²) in [5.74, 6) is -4.52. The molecule has 0 atom stereocenters. The first kappa shape index (κ1) is 32.5. The van der Waals surface area contributed by atoms with Gasteiger partial charge in [0, 0.05) is 58.7 Å². The first-order valence-corrected chi connectivity index (χ1v) is 16.2. The summed E-state index contributed by atoms with van der Waals surface area (Å²) in [7, 11) is 0. The van der Waals surface area contributed by atoms with Gasteiger partial charge in [0.1, 0.15) is 11.4 Å². The second kappa shape index (κ2) is 13.1. The van der Waals surface area contributed by atoms with Crippen molar-refractivity contribution in [2.45, 2.75) is 25.9 Å². The predicted molar refractivity (Wildman–Crippen MR) is 183 cm³/mol. The molecule has 0 radical (unpaired) electrons. The van der Waals surface area contributed by atoms with Gasteiger partial charge in [-0.05, 0) is 79.1 Å². The molecule has 8 nitrogen and oxygen atoms in total. The van der Waals surface area contributed by atoms with Crippen molar-refractivity contribution in [1.29, 1.82) is 10.5 Å². The maximum Gasteiger partial charge on any atom is 0.267 e. The number of hydrogen-bond acceptors (Lipinski definition) is 4. The molecule has 4 aromatic carbocycles. The minimum absolute atomic E-state index is 0.0701. The number of halogens is 4. The number of benzene rings is 4. The zero-order valence-electron chi connectivity index (χ0n) is 26.3. The van der Waals surface area contributed by atoms with Crippen LogP contribution in [0.5, 0.6) is 0 Å². The van der Waals surface area contributed by atoms with Gasteiger partial charge in [-0.3, -0.25) is 9.59 Å². The third kappa shape index (κ3) is 5.72. The van der Waals surface area contributed by atoms with E-state index in [4.69, 9.17) is 11.6 Å². The van der Waals surface area contributed by atoms with Crippen LogP contribution in [0.4, 0.5) is 13.2 Å². The van der Waals surface area contributed by atoms with Gasteiger partial charge in [0.15, 0.2) is 17.5 Å². The third-order valence-corrected chi connectivity index (χ3v) is 9.09. The Morgan fingerprint density at radius 3 is 1.78 bits per heavy atom. The van der Waals surface area contributed by atoms with Gasteiger partial charge in [0.05, 0.1) is 34.3 Å². The summed E-state index contributed by atoms with van der Waals surface area (Å²) in [4.78, 5) is 24.6. The fourth-order valence-corrected chi connectivity index (χ4v) is 6.86. The summed E-state index contributed by atoms with van der Waals surface area (Å²) in [5.41, 5.74) is 5.27. The minimum Gasteiger partial charge on any atom is -0.351 e. The molecule has 0 fully saturated rings. The topological polar surface area (TPSA) is 116 Å². The molecular weight excluding hydrogens is 665 g/mol. The van der Waals surface area contributed by atoms with Gasteiger partial charge in [-0.15, -0.1) is 0 Å². The fraction of sp³-hybridized carbons (Fsp3) is 0.158. The highest BCUT2D eigenvalue weighted by Crippen LogP contribution is 2.37. The number of aromatic nitrogens is 2. The number of amides is 2. The lowest BCUT2D eigenvalue weighted by atomic mass is 9.99. The molecule has 0 aliphatic carbocycles. The smallest absolute Gasteiger partial charge is 0.267 e. The Hall–Kier alpha value is -6.04. The van der Waals surface area contributed by atoms with Crippen LogP contribution in [-0.4, -0.2) is 34.0 Å². The SMILES string of the molecule is N#Cc1cc(-c2ccc(F)c(F)c2F)c2c(c1)cc1n2CCCNC1=O.N#Cc1cc(-c2cccc(Cl)c2)c2c(c1)cc1n2CCCNC1=O. The average molecular weight is 691 g/mol. The van der Waals surface area contributed by atoms with Crippen molar-refractivity contribution in [1.82, 2.24) is 19.8 Å². The lowest BCUT2D eigenvalue weighted by Crippen LogP contribution is -2.22. The van der Waals surface area contributed by atoms with E-state index in [1.165, 1.54) is 6.07 Å². The van der Waals surface area contributed by atoms with E-state index < -0.39 is 17.5 Å². The number of rotatable bonds is 2. The Morgan fingerprint density at radius 1 is 0.660 bits per heavy atom. The molecular formula is C38H26ClF3N6O2. The Kier molecular flexibility index (Phi) is 8.52. The lowest BCUT2D eigenvalue weighted by molar-refractivity contribution is 0.0943. The largest absolute Gasteiger partial charge is 0.351 e. The van der Waals surface area contributed by atoms with E-state index in [1.54, 1.807) is 16.7 Å². The number of nitrogens with one attached hydrogen (secondary N) is 2. The molecule has 2 aliphatic rings. The molecule has 50 heavy (non-hydrogen) atoms. The number of carbonyl (C=O) groups is 2. The molecule has 2 aromatic heterocycles. The number of aryl methyl sites for hydroxylation is 2. The van der Waals surface area contributed by atoms with Gasteiger partial charge in [-0.2, -0.15) is 10.5 Å². The van der Waals surface area contributed by atoms with Gasteiger partial charge in [-0.1, -0.05) is 23.7 Å². The van der Waals surface area contributed by atoms with E-state index in [2.05, 4.69) is 21.3 Å². The van der Waals surface area contributed by atoms with Gasteiger partial charge in [-0.25, -0.2) is 13.2 Å². The molecule has 2 aliphatic heterocycles. The first-order chi connectivity index (χ1) is 24.2. The van der Waals surface area contributed by atoms with Crippen molar-refractivity contribution in [3.8, 4) is 34.4 Å². The van der Waals surface area contributed by atoms with Crippen molar-refractivity contribution in [2.24, 2.45) is 0 Å². The predicted octanol–water partition coefficient (Wildman–Crippen LogP) is 7.70. The van der Waals surface area contributed by atoms with Crippen LogP contribution in [0.1, 0.15) is 44.9 Å². The summed E-state index contributed by atoms with van der Waals surface area (Å²) < 4.78 is 45.3. The second-order valence-corrected chi connectivity index (χ2v) is 12.4. The van der Waals surface area contributed by atoms with Gasteiger partial charge < -0.3 is 19.8 Å². The normalized spacial score (nSPS) is 13.9. The van der Waals surface area contributed by atoms with Crippen LogP contribution in [0, 0.1) is 40.1 Å². The Morgan fingerprint density at radius 2 is 1.22 bits per heavy atom. The van der Waals surface area contributed by atoms with Crippen LogP contribution < -0.4 is 10.6 Å². The molecule has 0 bridgehead atoms. The molecule has 0 spiro atoms. The molecule has 0 unspecified atom stereocenters. The summed E-state index contributed by atoms with van der Waals surface area (Å²) in [6, 6.07) is 23.9.